The summed E-state index contributed by atoms with van der Waals surface area (Å²) < 4.78 is 0. The van der Waals surface area contributed by atoms with Crippen molar-refractivity contribution in [1.82, 2.24) is 20.5 Å². The molecular formula is C17H22N4OS. The Kier molecular flexibility index (Phi) is 5.05. The van der Waals surface area contributed by atoms with Gasteiger partial charge in [-0.2, -0.15) is 0 Å². The maximum absolute atomic E-state index is 11.9. The zero-order valence-corrected chi connectivity index (χ0v) is 14.3. The zero-order chi connectivity index (χ0) is 16.2. The second-order valence-corrected chi connectivity index (χ2v) is 6.82. The van der Waals surface area contributed by atoms with Crippen LogP contribution < -0.4 is 10.6 Å². The summed E-state index contributed by atoms with van der Waals surface area (Å²) in [5, 5.41) is 9.38. The van der Waals surface area contributed by atoms with Crippen LogP contribution in [0.5, 0.6) is 0 Å². The van der Waals surface area contributed by atoms with Crippen molar-refractivity contribution in [3.05, 3.63) is 51.5 Å². The smallest absolute Gasteiger partial charge is 0.251 e. The van der Waals surface area contributed by atoms with Gasteiger partial charge in [0.05, 0.1) is 10.7 Å². The van der Waals surface area contributed by atoms with Crippen LogP contribution in [-0.4, -0.2) is 42.5 Å². The number of hydrogen-bond donors (Lipinski definition) is 2. The molecule has 2 N–H and O–H groups in total. The van der Waals surface area contributed by atoms with Crippen LogP contribution in [0, 0.1) is 6.92 Å². The van der Waals surface area contributed by atoms with Crippen molar-refractivity contribution in [2.45, 2.75) is 19.5 Å². The fraction of sp³-hybridized carbons (Fsp3) is 0.412. The SMILES string of the molecule is CNC(=O)c1cccc([C@H]2CNCCN2Cc2csc(C)n2)c1. The van der Waals surface area contributed by atoms with E-state index >= 15 is 0 Å². The van der Waals surface area contributed by atoms with Gasteiger partial charge in [0.25, 0.3) is 5.91 Å². The summed E-state index contributed by atoms with van der Waals surface area (Å²) in [6.07, 6.45) is 0. The van der Waals surface area contributed by atoms with Crippen LogP contribution in [0.4, 0.5) is 0 Å². The first-order valence-electron chi connectivity index (χ1n) is 7.85. The van der Waals surface area contributed by atoms with Gasteiger partial charge in [-0.25, -0.2) is 4.98 Å². The highest BCUT2D eigenvalue weighted by atomic mass is 32.1. The van der Waals surface area contributed by atoms with Gasteiger partial charge < -0.3 is 10.6 Å². The van der Waals surface area contributed by atoms with Gasteiger partial charge in [0.1, 0.15) is 0 Å². The van der Waals surface area contributed by atoms with Crippen molar-refractivity contribution in [3.63, 3.8) is 0 Å². The van der Waals surface area contributed by atoms with Crippen LogP contribution in [-0.2, 0) is 6.54 Å². The summed E-state index contributed by atoms with van der Waals surface area (Å²) in [5.74, 6) is -0.0442. The van der Waals surface area contributed by atoms with E-state index in [1.165, 1.54) is 5.56 Å². The molecule has 1 atom stereocenters. The first-order chi connectivity index (χ1) is 11.2. The Morgan fingerprint density at radius 3 is 3.13 bits per heavy atom. The molecule has 1 aromatic heterocycles. The molecule has 0 saturated carbocycles. The summed E-state index contributed by atoms with van der Waals surface area (Å²) >= 11 is 1.69. The lowest BCUT2D eigenvalue weighted by atomic mass is 10.0. The molecule has 3 rings (SSSR count). The van der Waals surface area contributed by atoms with E-state index in [0.29, 0.717) is 5.56 Å². The van der Waals surface area contributed by atoms with E-state index in [9.17, 15) is 4.79 Å². The number of carbonyl (C=O) groups is 1. The molecule has 1 aliphatic heterocycles. The number of hydrogen-bond acceptors (Lipinski definition) is 5. The summed E-state index contributed by atoms with van der Waals surface area (Å²) in [6, 6.07) is 8.17. The van der Waals surface area contributed by atoms with E-state index in [1.807, 2.05) is 25.1 Å². The van der Waals surface area contributed by atoms with Gasteiger partial charge in [0.2, 0.25) is 0 Å². The van der Waals surface area contributed by atoms with Crippen LogP contribution in [0.15, 0.2) is 29.6 Å². The van der Waals surface area contributed by atoms with Crippen LogP contribution >= 0.6 is 11.3 Å². The van der Waals surface area contributed by atoms with Gasteiger partial charge in [-0.05, 0) is 24.6 Å². The minimum Gasteiger partial charge on any atom is -0.355 e. The number of benzene rings is 1. The lowest BCUT2D eigenvalue weighted by Crippen LogP contribution is -2.45. The Morgan fingerprint density at radius 1 is 1.52 bits per heavy atom. The van der Waals surface area contributed by atoms with Crippen molar-refractivity contribution in [2.24, 2.45) is 0 Å². The molecule has 1 fully saturated rings. The van der Waals surface area contributed by atoms with Crippen molar-refractivity contribution in [2.75, 3.05) is 26.7 Å². The quantitative estimate of drug-likeness (QED) is 0.900. The van der Waals surface area contributed by atoms with Gasteiger partial charge in [-0.1, -0.05) is 12.1 Å². The van der Waals surface area contributed by atoms with Crippen LogP contribution in [0.1, 0.15) is 32.7 Å². The van der Waals surface area contributed by atoms with E-state index in [4.69, 9.17) is 0 Å². The third-order valence-electron chi connectivity index (χ3n) is 4.15. The average molecular weight is 330 g/mol. The van der Waals surface area contributed by atoms with Crippen LogP contribution in [0.2, 0.25) is 0 Å². The lowest BCUT2D eigenvalue weighted by molar-refractivity contribution is 0.0962. The van der Waals surface area contributed by atoms with Gasteiger partial charge in [-0.15, -0.1) is 11.3 Å². The molecule has 0 unspecified atom stereocenters. The third kappa shape index (κ3) is 3.77. The van der Waals surface area contributed by atoms with Crippen molar-refractivity contribution in [1.29, 1.82) is 0 Å². The maximum Gasteiger partial charge on any atom is 0.251 e. The third-order valence-corrected chi connectivity index (χ3v) is 4.97. The number of nitrogens with zero attached hydrogens (tertiary/aromatic N) is 2. The predicted molar refractivity (Wildman–Crippen MR) is 92.7 cm³/mol. The molecule has 0 bridgehead atoms. The fourth-order valence-electron chi connectivity index (χ4n) is 2.98. The number of aryl methyl sites for hydroxylation is 1. The highest BCUT2D eigenvalue weighted by Gasteiger charge is 2.25. The molecule has 1 saturated heterocycles. The summed E-state index contributed by atoms with van der Waals surface area (Å²) in [6.45, 7) is 5.73. The van der Waals surface area contributed by atoms with Crippen molar-refractivity contribution < 1.29 is 4.79 Å². The second kappa shape index (κ2) is 7.21. The van der Waals surface area contributed by atoms with E-state index in [0.717, 1.165) is 36.9 Å². The summed E-state index contributed by atoms with van der Waals surface area (Å²) in [4.78, 5) is 18.9. The molecule has 23 heavy (non-hydrogen) atoms. The number of thiazole rings is 1. The largest absolute Gasteiger partial charge is 0.355 e. The van der Waals surface area contributed by atoms with E-state index in [1.54, 1.807) is 18.4 Å². The Morgan fingerprint density at radius 2 is 2.39 bits per heavy atom. The summed E-state index contributed by atoms with van der Waals surface area (Å²) in [7, 11) is 1.66. The molecule has 5 nitrogen and oxygen atoms in total. The van der Waals surface area contributed by atoms with Gasteiger partial charge in [-0.3, -0.25) is 9.69 Å². The molecule has 122 valence electrons. The average Bonchev–Trinajstić information content (AvgIpc) is 2.99. The molecule has 6 heteroatoms. The molecule has 1 aliphatic rings. The molecular weight excluding hydrogens is 308 g/mol. The first-order valence-corrected chi connectivity index (χ1v) is 8.73. The Hall–Kier alpha value is -1.76. The highest BCUT2D eigenvalue weighted by Crippen LogP contribution is 2.25. The Labute approximate surface area is 140 Å². The Balaban J connectivity index is 1.82. The Bertz CT molecular complexity index is 685. The molecule has 2 heterocycles. The van der Waals surface area contributed by atoms with E-state index < -0.39 is 0 Å². The number of nitrogens with one attached hydrogen (secondary N) is 2. The lowest BCUT2D eigenvalue weighted by Gasteiger charge is -2.36. The zero-order valence-electron chi connectivity index (χ0n) is 13.5. The van der Waals surface area contributed by atoms with Crippen LogP contribution in [0.3, 0.4) is 0 Å². The van der Waals surface area contributed by atoms with Crippen LogP contribution in [0.25, 0.3) is 0 Å². The van der Waals surface area contributed by atoms with Gasteiger partial charge in [0.15, 0.2) is 0 Å². The standard InChI is InChI=1S/C17H22N4OS/c1-12-20-15(11-23-12)10-21-7-6-19-9-16(21)13-4-3-5-14(8-13)17(22)18-2/h3-5,8,11,16,19H,6-7,9-10H2,1-2H3,(H,18,22)/t16-/m1/s1. The molecule has 0 spiro atoms. The molecule has 1 amide bonds. The normalized spacial score (nSPS) is 18.8. The van der Waals surface area contributed by atoms with Crippen molar-refractivity contribution >= 4 is 17.2 Å². The second-order valence-electron chi connectivity index (χ2n) is 5.75. The minimum atomic E-state index is -0.0442. The maximum atomic E-state index is 11.9. The topological polar surface area (TPSA) is 57.3 Å². The van der Waals surface area contributed by atoms with Crippen molar-refractivity contribution in [3.8, 4) is 0 Å². The predicted octanol–water partition coefficient (Wildman–Crippen LogP) is 1.96. The van der Waals surface area contributed by atoms with Gasteiger partial charge >= 0.3 is 0 Å². The molecule has 0 aliphatic carbocycles. The summed E-state index contributed by atoms with van der Waals surface area (Å²) in [5.41, 5.74) is 3.01. The number of aromatic nitrogens is 1. The number of piperazine rings is 1. The van der Waals surface area contributed by atoms with E-state index in [2.05, 4.69) is 32.0 Å². The number of rotatable bonds is 4. The number of carbonyl (C=O) groups excluding carboxylic acids is 1. The number of amides is 1. The molecule has 0 radical (unpaired) electrons. The monoisotopic (exact) mass is 330 g/mol. The molecule has 1 aromatic carbocycles. The fourth-order valence-corrected chi connectivity index (χ4v) is 3.59. The first kappa shape index (κ1) is 16.1. The van der Waals surface area contributed by atoms with E-state index in [-0.39, 0.29) is 11.9 Å². The molecule has 2 aromatic rings. The highest BCUT2D eigenvalue weighted by molar-refractivity contribution is 7.09. The minimum absolute atomic E-state index is 0.0442. The van der Waals surface area contributed by atoms with Gasteiger partial charge in [0, 0.05) is 50.2 Å².